The van der Waals surface area contributed by atoms with E-state index < -0.39 is 5.97 Å². The van der Waals surface area contributed by atoms with E-state index in [-0.39, 0.29) is 6.03 Å². The van der Waals surface area contributed by atoms with E-state index in [1.165, 1.54) is 7.11 Å². The molecule has 0 bridgehead atoms. The second-order valence-corrected chi connectivity index (χ2v) is 4.98. The summed E-state index contributed by atoms with van der Waals surface area (Å²) < 4.78 is 15.2. The van der Waals surface area contributed by atoms with Gasteiger partial charge in [0.05, 0.1) is 26.3 Å². The first-order chi connectivity index (χ1) is 12.1. The maximum atomic E-state index is 11.8. The van der Waals surface area contributed by atoms with Gasteiger partial charge in [-0.05, 0) is 42.5 Å². The summed E-state index contributed by atoms with van der Waals surface area (Å²) in [5.74, 6) is 0.977. The molecule has 0 heterocycles. The fourth-order valence-electron chi connectivity index (χ4n) is 2.02. The smallest absolute Gasteiger partial charge is 0.337 e. The van der Waals surface area contributed by atoms with E-state index in [1.807, 2.05) is 0 Å². The van der Waals surface area contributed by atoms with Crippen molar-refractivity contribution >= 4 is 17.7 Å². The minimum absolute atomic E-state index is 0.321. The number of methoxy groups -OCH3 is 2. The molecule has 2 aromatic carbocycles. The van der Waals surface area contributed by atoms with Crippen molar-refractivity contribution in [3.8, 4) is 11.5 Å². The Labute approximate surface area is 145 Å². The van der Waals surface area contributed by atoms with Gasteiger partial charge in [-0.1, -0.05) is 6.07 Å². The Morgan fingerprint density at radius 1 is 1.00 bits per heavy atom. The number of amides is 2. The van der Waals surface area contributed by atoms with E-state index in [4.69, 9.17) is 9.47 Å². The van der Waals surface area contributed by atoms with Crippen LogP contribution in [0.5, 0.6) is 11.5 Å². The lowest BCUT2D eigenvalue weighted by molar-refractivity contribution is 0.0600. The third-order valence-electron chi connectivity index (χ3n) is 3.26. The highest BCUT2D eigenvalue weighted by atomic mass is 16.5. The Bertz CT molecular complexity index is 716. The first-order valence-corrected chi connectivity index (χ1v) is 7.62. The van der Waals surface area contributed by atoms with E-state index in [0.29, 0.717) is 30.2 Å². The van der Waals surface area contributed by atoms with Gasteiger partial charge < -0.3 is 24.8 Å². The van der Waals surface area contributed by atoms with Crippen LogP contribution in [-0.4, -0.2) is 39.4 Å². The Kier molecular flexibility index (Phi) is 6.65. The molecule has 2 rings (SSSR count). The van der Waals surface area contributed by atoms with E-state index >= 15 is 0 Å². The average Bonchev–Trinajstić information content (AvgIpc) is 2.65. The van der Waals surface area contributed by atoms with Gasteiger partial charge in [0.2, 0.25) is 0 Å². The van der Waals surface area contributed by atoms with Crippen LogP contribution in [0.4, 0.5) is 10.5 Å². The quantitative estimate of drug-likeness (QED) is 0.596. The summed E-state index contributed by atoms with van der Waals surface area (Å²) in [6.07, 6.45) is 0. The molecule has 2 amide bonds. The van der Waals surface area contributed by atoms with E-state index in [0.717, 1.165) is 5.75 Å². The summed E-state index contributed by atoms with van der Waals surface area (Å²) in [6, 6.07) is 13.3. The average molecular weight is 344 g/mol. The zero-order chi connectivity index (χ0) is 18.1. The van der Waals surface area contributed by atoms with Crippen molar-refractivity contribution in [1.29, 1.82) is 0 Å². The third-order valence-corrected chi connectivity index (χ3v) is 3.26. The van der Waals surface area contributed by atoms with Gasteiger partial charge in [-0.2, -0.15) is 0 Å². The molecule has 7 nitrogen and oxygen atoms in total. The van der Waals surface area contributed by atoms with E-state index in [2.05, 4.69) is 15.4 Å². The first-order valence-electron chi connectivity index (χ1n) is 7.62. The van der Waals surface area contributed by atoms with Crippen LogP contribution in [0.1, 0.15) is 10.4 Å². The number of nitrogens with one attached hydrogen (secondary N) is 2. The molecule has 0 spiro atoms. The fourth-order valence-corrected chi connectivity index (χ4v) is 2.02. The number of carbonyl (C=O) groups excluding carboxylic acids is 2. The van der Waals surface area contributed by atoms with Gasteiger partial charge in [-0.3, -0.25) is 0 Å². The van der Waals surface area contributed by atoms with Crippen molar-refractivity contribution in [1.82, 2.24) is 5.32 Å². The number of rotatable bonds is 7. The van der Waals surface area contributed by atoms with Crippen LogP contribution in [-0.2, 0) is 4.74 Å². The van der Waals surface area contributed by atoms with Crippen molar-refractivity contribution in [3.05, 3.63) is 54.1 Å². The van der Waals surface area contributed by atoms with Gasteiger partial charge in [-0.25, -0.2) is 9.59 Å². The molecule has 2 N–H and O–H groups in total. The molecule has 0 aliphatic rings. The standard InChI is InChI=1S/C18H20N2O5/c1-23-15-6-8-16(9-7-15)25-11-10-19-18(22)20-14-5-3-4-13(12-14)17(21)24-2/h3-9,12H,10-11H2,1-2H3,(H2,19,20,22). The molecular formula is C18H20N2O5. The van der Waals surface area contributed by atoms with E-state index in [9.17, 15) is 9.59 Å². The summed E-state index contributed by atoms with van der Waals surface area (Å²) in [5, 5.41) is 5.32. The number of anilines is 1. The highest BCUT2D eigenvalue weighted by Gasteiger charge is 2.07. The van der Waals surface area contributed by atoms with Crippen LogP contribution in [0, 0.1) is 0 Å². The summed E-state index contributed by atoms with van der Waals surface area (Å²) >= 11 is 0. The van der Waals surface area contributed by atoms with Crippen LogP contribution in [0.2, 0.25) is 0 Å². The molecule has 132 valence electrons. The summed E-state index contributed by atoms with van der Waals surface area (Å²) in [6.45, 7) is 0.649. The van der Waals surface area contributed by atoms with Gasteiger partial charge in [0.1, 0.15) is 18.1 Å². The SMILES string of the molecule is COC(=O)c1cccc(NC(=O)NCCOc2ccc(OC)cc2)c1. The minimum Gasteiger partial charge on any atom is -0.497 e. The molecule has 0 saturated carbocycles. The molecule has 2 aromatic rings. The predicted octanol–water partition coefficient (Wildman–Crippen LogP) is 2.68. The zero-order valence-electron chi connectivity index (χ0n) is 14.1. The number of ether oxygens (including phenoxy) is 3. The Hall–Kier alpha value is -3.22. The first kappa shape index (κ1) is 18.1. The molecular weight excluding hydrogens is 324 g/mol. The molecule has 0 aromatic heterocycles. The Balaban J connectivity index is 1.74. The molecule has 0 radical (unpaired) electrons. The van der Waals surface area contributed by atoms with Gasteiger partial charge in [0.15, 0.2) is 0 Å². The number of benzene rings is 2. The van der Waals surface area contributed by atoms with Gasteiger partial charge in [-0.15, -0.1) is 0 Å². The van der Waals surface area contributed by atoms with Crippen LogP contribution < -0.4 is 20.1 Å². The maximum absolute atomic E-state index is 11.8. The topological polar surface area (TPSA) is 85.9 Å². The Morgan fingerprint density at radius 3 is 2.40 bits per heavy atom. The highest BCUT2D eigenvalue weighted by molar-refractivity contribution is 5.93. The molecule has 0 aliphatic carbocycles. The van der Waals surface area contributed by atoms with Gasteiger partial charge in [0.25, 0.3) is 0 Å². The van der Waals surface area contributed by atoms with Crippen LogP contribution in [0.15, 0.2) is 48.5 Å². The zero-order valence-corrected chi connectivity index (χ0v) is 14.1. The number of carbonyl (C=O) groups is 2. The number of hydrogen-bond donors (Lipinski definition) is 2. The molecule has 0 atom stereocenters. The second-order valence-electron chi connectivity index (χ2n) is 4.98. The van der Waals surface area contributed by atoms with Crippen LogP contribution in [0.3, 0.4) is 0 Å². The lowest BCUT2D eigenvalue weighted by Crippen LogP contribution is -2.32. The Morgan fingerprint density at radius 2 is 1.72 bits per heavy atom. The van der Waals surface area contributed by atoms with Crippen molar-refractivity contribution < 1.29 is 23.8 Å². The van der Waals surface area contributed by atoms with E-state index in [1.54, 1.807) is 55.6 Å². The van der Waals surface area contributed by atoms with Crippen LogP contribution >= 0.6 is 0 Å². The maximum Gasteiger partial charge on any atom is 0.337 e. The highest BCUT2D eigenvalue weighted by Crippen LogP contribution is 2.16. The second kappa shape index (κ2) is 9.17. The number of hydrogen-bond acceptors (Lipinski definition) is 5. The van der Waals surface area contributed by atoms with Gasteiger partial charge in [0, 0.05) is 5.69 Å². The normalized spacial score (nSPS) is 9.84. The molecule has 7 heteroatoms. The van der Waals surface area contributed by atoms with Crippen molar-refractivity contribution in [2.24, 2.45) is 0 Å². The van der Waals surface area contributed by atoms with Crippen molar-refractivity contribution in [2.75, 3.05) is 32.7 Å². The molecule has 0 aliphatic heterocycles. The number of urea groups is 1. The molecule has 0 saturated heterocycles. The predicted molar refractivity (Wildman–Crippen MR) is 93.3 cm³/mol. The molecule has 0 fully saturated rings. The molecule has 25 heavy (non-hydrogen) atoms. The summed E-state index contributed by atoms with van der Waals surface area (Å²) in [7, 11) is 2.90. The summed E-state index contributed by atoms with van der Waals surface area (Å²) in [4.78, 5) is 23.3. The van der Waals surface area contributed by atoms with Gasteiger partial charge >= 0.3 is 12.0 Å². The lowest BCUT2D eigenvalue weighted by atomic mass is 10.2. The minimum atomic E-state index is -0.461. The lowest BCUT2D eigenvalue weighted by Gasteiger charge is -2.10. The monoisotopic (exact) mass is 344 g/mol. The molecule has 0 unspecified atom stereocenters. The van der Waals surface area contributed by atoms with Crippen molar-refractivity contribution in [2.45, 2.75) is 0 Å². The third kappa shape index (κ3) is 5.72. The largest absolute Gasteiger partial charge is 0.497 e. The number of esters is 1. The summed E-state index contributed by atoms with van der Waals surface area (Å²) in [5.41, 5.74) is 0.861. The van der Waals surface area contributed by atoms with Crippen LogP contribution in [0.25, 0.3) is 0 Å². The van der Waals surface area contributed by atoms with Crippen molar-refractivity contribution in [3.63, 3.8) is 0 Å². The fraction of sp³-hybridized carbons (Fsp3) is 0.222.